The van der Waals surface area contributed by atoms with Crippen molar-refractivity contribution in [2.45, 2.75) is 6.42 Å². The van der Waals surface area contributed by atoms with Gasteiger partial charge in [-0.2, -0.15) is 0 Å². The van der Waals surface area contributed by atoms with Gasteiger partial charge in [0, 0.05) is 37.0 Å². The smallest absolute Gasteiger partial charge is 0.269 e. The maximum atomic E-state index is 11.9. The third-order valence-corrected chi connectivity index (χ3v) is 3.34. The molecular weight excluding hydrogens is 286 g/mol. The Kier molecular flexibility index (Phi) is 5.58. The first-order valence-corrected chi connectivity index (χ1v) is 7.20. The largest absolute Gasteiger partial charge is 0.375 e. The average molecular weight is 304 g/mol. The fourth-order valence-electron chi connectivity index (χ4n) is 1.95. The Labute approximate surface area is 129 Å². The third-order valence-electron chi connectivity index (χ3n) is 3.11. The van der Waals surface area contributed by atoms with Crippen LogP contribution in [-0.2, 0) is 0 Å². The summed E-state index contributed by atoms with van der Waals surface area (Å²) in [6, 6.07) is 13.4. The lowest BCUT2D eigenvalue weighted by molar-refractivity contribution is 0.0948. The van der Waals surface area contributed by atoms with Crippen LogP contribution in [0.2, 0.25) is 5.02 Å². The number of anilines is 1. The first-order chi connectivity index (χ1) is 10.2. The van der Waals surface area contributed by atoms with Crippen LogP contribution in [0.3, 0.4) is 0 Å². The predicted octanol–water partition coefficient (Wildman–Crippen LogP) is 2.99. The Hall–Kier alpha value is -2.07. The number of hydrogen-bond acceptors (Lipinski definition) is 3. The van der Waals surface area contributed by atoms with Crippen molar-refractivity contribution in [2.75, 3.05) is 25.0 Å². The summed E-state index contributed by atoms with van der Waals surface area (Å²) < 4.78 is 0. The fraction of sp³-hybridized carbons (Fsp3) is 0.250. The van der Waals surface area contributed by atoms with Crippen LogP contribution in [0.25, 0.3) is 0 Å². The van der Waals surface area contributed by atoms with E-state index < -0.39 is 0 Å². The Balaban J connectivity index is 1.74. The maximum Gasteiger partial charge on any atom is 0.269 e. The van der Waals surface area contributed by atoms with Crippen LogP contribution in [0.1, 0.15) is 16.9 Å². The van der Waals surface area contributed by atoms with E-state index in [1.165, 1.54) is 11.9 Å². The van der Waals surface area contributed by atoms with Gasteiger partial charge in [0.25, 0.3) is 5.91 Å². The van der Waals surface area contributed by atoms with E-state index in [2.05, 4.69) is 27.3 Å². The van der Waals surface area contributed by atoms with Gasteiger partial charge in [0.15, 0.2) is 0 Å². The highest BCUT2D eigenvalue weighted by molar-refractivity contribution is 6.30. The number of carbonyl (C=O) groups excluding carboxylic acids is 1. The second-order valence-corrected chi connectivity index (χ2v) is 5.16. The minimum Gasteiger partial charge on any atom is -0.375 e. The summed E-state index contributed by atoms with van der Waals surface area (Å²) in [4.78, 5) is 18.0. The van der Waals surface area contributed by atoms with Gasteiger partial charge in [-0.05, 0) is 30.7 Å². The molecule has 2 rings (SSSR count). The van der Waals surface area contributed by atoms with Crippen molar-refractivity contribution < 1.29 is 4.79 Å². The van der Waals surface area contributed by atoms with Crippen molar-refractivity contribution in [3.05, 3.63) is 59.4 Å². The summed E-state index contributed by atoms with van der Waals surface area (Å²) in [5.41, 5.74) is 1.51. The molecule has 1 aromatic heterocycles. The molecule has 0 fully saturated rings. The zero-order valence-corrected chi connectivity index (χ0v) is 12.7. The van der Waals surface area contributed by atoms with Crippen molar-refractivity contribution in [1.82, 2.24) is 10.3 Å². The highest BCUT2D eigenvalue weighted by Gasteiger charge is 2.07. The lowest BCUT2D eigenvalue weighted by Crippen LogP contribution is -2.28. The molecule has 5 heteroatoms. The van der Waals surface area contributed by atoms with Crippen LogP contribution in [0.5, 0.6) is 0 Å². The topological polar surface area (TPSA) is 45.2 Å². The number of rotatable bonds is 6. The van der Waals surface area contributed by atoms with Crippen LogP contribution in [0, 0.1) is 0 Å². The molecule has 0 unspecified atom stereocenters. The molecule has 21 heavy (non-hydrogen) atoms. The maximum absolute atomic E-state index is 11.9. The third kappa shape index (κ3) is 4.76. The van der Waals surface area contributed by atoms with E-state index in [0.717, 1.165) is 13.0 Å². The number of benzene rings is 1. The second kappa shape index (κ2) is 7.64. The van der Waals surface area contributed by atoms with Gasteiger partial charge < -0.3 is 10.2 Å². The second-order valence-electron chi connectivity index (χ2n) is 4.73. The van der Waals surface area contributed by atoms with Gasteiger partial charge in [-0.25, -0.2) is 0 Å². The number of hydrogen-bond donors (Lipinski definition) is 1. The summed E-state index contributed by atoms with van der Waals surface area (Å²) in [5, 5.41) is 3.36. The number of aromatic nitrogens is 1. The molecule has 110 valence electrons. The molecule has 1 aromatic carbocycles. The van der Waals surface area contributed by atoms with Crippen LogP contribution in [0.15, 0.2) is 48.7 Å². The number of amides is 1. The van der Waals surface area contributed by atoms with Crippen molar-refractivity contribution in [3.8, 4) is 0 Å². The normalized spacial score (nSPS) is 10.2. The van der Waals surface area contributed by atoms with Gasteiger partial charge in [-0.15, -0.1) is 0 Å². The number of carbonyl (C=O) groups is 1. The van der Waals surface area contributed by atoms with Crippen molar-refractivity contribution in [3.63, 3.8) is 0 Å². The van der Waals surface area contributed by atoms with E-state index in [1.54, 1.807) is 12.1 Å². The average Bonchev–Trinajstić information content (AvgIpc) is 2.52. The number of nitrogens with zero attached hydrogens (tertiary/aromatic N) is 2. The van der Waals surface area contributed by atoms with Gasteiger partial charge in [0.1, 0.15) is 5.69 Å². The van der Waals surface area contributed by atoms with Gasteiger partial charge in [0.05, 0.1) is 0 Å². The summed E-state index contributed by atoms with van der Waals surface area (Å²) >= 11 is 5.83. The lowest BCUT2D eigenvalue weighted by atomic mass is 10.3. The highest BCUT2D eigenvalue weighted by atomic mass is 35.5. The van der Waals surface area contributed by atoms with E-state index >= 15 is 0 Å². The SMILES string of the molecule is CN(CCCNC(=O)c1cc(Cl)ccn1)c1ccccc1. The predicted molar refractivity (Wildman–Crippen MR) is 85.9 cm³/mol. The first-order valence-electron chi connectivity index (χ1n) is 6.83. The highest BCUT2D eigenvalue weighted by Crippen LogP contribution is 2.11. The summed E-state index contributed by atoms with van der Waals surface area (Å²) in [7, 11) is 2.04. The Bertz CT molecular complexity index is 589. The number of para-hydroxylation sites is 1. The fourth-order valence-corrected chi connectivity index (χ4v) is 2.11. The van der Waals surface area contributed by atoms with Gasteiger partial charge in [-0.1, -0.05) is 29.8 Å². The molecule has 0 aliphatic carbocycles. The molecule has 0 aliphatic rings. The van der Waals surface area contributed by atoms with Crippen molar-refractivity contribution in [1.29, 1.82) is 0 Å². The zero-order valence-electron chi connectivity index (χ0n) is 11.9. The summed E-state index contributed by atoms with van der Waals surface area (Å²) in [5.74, 6) is -0.195. The van der Waals surface area contributed by atoms with Crippen molar-refractivity contribution >= 4 is 23.2 Å². The first kappa shape index (κ1) is 15.3. The molecule has 0 bridgehead atoms. The molecule has 1 N–H and O–H groups in total. The Morgan fingerprint density at radius 2 is 2.05 bits per heavy atom. The molecule has 0 atom stereocenters. The number of pyridine rings is 1. The van der Waals surface area contributed by atoms with Crippen molar-refractivity contribution in [2.24, 2.45) is 0 Å². The monoisotopic (exact) mass is 303 g/mol. The zero-order chi connectivity index (χ0) is 15.1. The van der Waals surface area contributed by atoms with Crippen LogP contribution in [0.4, 0.5) is 5.69 Å². The van der Waals surface area contributed by atoms with E-state index in [-0.39, 0.29) is 5.91 Å². The molecule has 0 saturated heterocycles. The van der Waals surface area contributed by atoms with E-state index in [9.17, 15) is 4.79 Å². The minimum atomic E-state index is -0.195. The molecular formula is C16H18ClN3O. The Morgan fingerprint density at radius 3 is 2.76 bits per heavy atom. The van der Waals surface area contributed by atoms with Crippen LogP contribution >= 0.6 is 11.6 Å². The Morgan fingerprint density at radius 1 is 1.29 bits per heavy atom. The number of nitrogens with one attached hydrogen (secondary N) is 1. The summed E-state index contributed by atoms with van der Waals surface area (Å²) in [6.45, 7) is 1.47. The van der Waals surface area contributed by atoms with E-state index in [4.69, 9.17) is 11.6 Å². The van der Waals surface area contributed by atoms with Gasteiger partial charge in [-0.3, -0.25) is 9.78 Å². The quantitative estimate of drug-likeness (QED) is 0.835. The van der Waals surface area contributed by atoms with Gasteiger partial charge >= 0.3 is 0 Å². The molecule has 2 aromatic rings. The van der Waals surface area contributed by atoms with Gasteiger partial charge in [0.2, 0.25) is 0 Å². The lowest BCUT2D eigenvalue weighted by Gasteiger charge is -2.19. The molecule has 0 saturated carbocycles. The standard InChI is InChI=1S/C16H18ClN3O/c1-20(14-6-3-2-4-7-14)11-5-9-19-16(21)15-12-13(17)8-10-18-15/h2-4,6-8,10,12H,5,9,11H2,1H3,(H,19,21). The molecule has 0 aliphatic heterocycles. The van der Waals surface area contributed by atoms with Crippen LogP contribution < -0.4 is 10.2 Å². The molecule has 4 nitrogen and oxygen atoms in total. The minimum absolute atomic E-state index is 0.195. The number of halogens is 1. The van der Waals surface area contributed by atoms with Crippen LogP contribution in [-0.4, -0.2) is 31.0 Å². The van der Waals surface area contributed by atoms with E-state index in [0.29, 0.717) is 17.3 Å². The molecule has 0 radical (unpaired) electrons. The molecule has 1 amide bonds. The van der Waals surface area contributed by atoms with E-state index in [1.807, 2.05) is 25.2 Å². The molecule has 0 spiro atoms. The summed E-state index contributed by atoms with van der Waals surface area (Å²) in [6.07, 6.45) is 2.39. The molecule has 1 heterocycles.